The van der Waals surface area contributed by atoms with Crippen LogP contribution in [0.25, 0.3) is 10.8 Å². The number of piperidine rings is 2. The summed E-state index contributed by atoms with van der Waals surface area (Å²) < 4.78 is 25.3. The number of anilines is 1. The van der Waals surface area contributed by atoms with E-state index in [4.69, 9.17) is 28.9 Å². The van der Waals surface area contributed by atoms with Crippen LogP contribution in [0.3, 0.4) is 0 Å². The molecule has 17 heteroatoms. The van der Waals surface area contributed by atoms with E-state index in [2.05, 4.69) is 29.0 Å². The minimum absolute atomic E-state index is 0.0176. The first kappa shape index (κ1) is 55.7. The first-order chi connectivity index (χ1) is 36.1. The topological polar surface area (TPSA) is 216 Å². The van der Waals surface area contributed by atoms with Crippen LogP contribution in [0.1, 0.15) is 129 Å². The number of carbonyl (C=O) groups is 3. The van der Waals surface area contributed by atoms with Gasteiger partial charge in [-0.2, -0.15) is 0 Å². The number of hydrogen-bond donors (Lipinski definition) is 5. The molecule has 4 fully saturated rings. The number of aliphatic hydroxyl groups excluding tert-OH is 2. The van der Waals surface area contributed by atoms with Crippen molar-refractivity contribution < 1.29 is 53.8 Å². The standard InChI is InChI=1S/C59H84N6O11/c1-33(2)28-63-25-22-59(23-26-63)61-45-42-43-50(68)39(8)53-44(42)54(70)57(9,76-53)74-27-20-41(73-10)36(5)52(75-56(72)65-24-15-21-58(32-65)30-64(31-58)29-40-18-12-11-13-19-40)38(7)49(67)37(6)48(66)34(3)16-14-17-35(4)55(71)60-47(51(43)69)46(45)62-59/h14,16-17,20,27,33-34,36-38,40-41,48-49,52,66-69H,11-13,15,18-19,21-26,28-32H2,1-10H3,(H,60,71)/b16-14+,27-20+,35-17-/t34-,36+,37+,38+,41-,48-,49+,52+,57-/m0/s1. The molecule has 7 aliphatic heterocycles. The summed E-state index contributed by atoms with van der Waals surface area (Å²) in [7, 11) is 1.52. The average Bonchev–Trinajstić information content (AvgIpc) is 4.00. The normalized spacial score (nSPS) is 33.0. The summed E-state index contributed by atoms with van der Waals surface area (Å²) in [6.07, 6.45) is 13.1. The maximum Gasteiger partial charge on any atom is 0.410 e. The molecular formula is C59H84N6O11. The van der Waals surface area contributed by atoms with Crippen molar-refractivity contribution in [3.05, 3.63) is 58.0 Å². The average molecular weight is 1050 g/mol. The van der Waals surface area contributed by atoms with Crippen molar-refractivity contribution in [1.82, 2.24) is 14.7 Å². The lowest BCUT2D eigenvalue weighted by molar-refractivity contribution is -0.112. The fraction of sp³-hybridized carbons (Fsp3) is 0.678. The Kier molecular flexibility index (Phi) is 16.1. The molecule has 2 aromatic rings. The van der Waals surface area contributed by atoms with Crippen LogP contribution in [-0.2, 0) is 19.0 Å². The Hall–Kier alpha value is -5.07. The largest absolute Gasteiger partial charge is 0.507 e. The van der Waals surface area contributed by atoms with Gasteiger partial charge < -0.3 is 59.4 Å². The van der Waals surface area contributed by atoms with E-state index in [1.807, 2.05) is 25.7 Å². The maximum absolute atomic E-state index is 15.0. The summed E-state index contributed by atoms with van der Waals surface area (Å²) in [5.41, 5.74) is -0.531. The van der Waals surface area contributed by atoms with Gasteiger partial charge in [-0.3, -0.25) is 19.6 Å². The van der Waals surface area contributed by atoms with Gasteiger partial charge in [-0.05, 0) is 57.4 Å². The lowest BCUT2D eigenvalue weighted by Crippen LogP contribution is -2.64. The number of nitrogens with one attached hydrogen (secondary N) is 1. The van der Waals surface area contributed by atoms with Crippen molar-refractivity contribution >= 4 is 34.2 Å². The zero-order valence-corrected chi connectivity index (χ0v) is 46.6. The van der Waals surface area contributed by atoms with E-state index >= 15 is 4.79 Å². The molecule has 7 heterocycles. The number of phenols is 2. The predicted octanol–water partition coefficient (Wildman–Crippen LogP) is 7.30. The molecule has 76 heavy (non-hydrogen) atoms. The number of nitrogens with zero attached hydrogens (tertiary/aromatic N) is 5. The number of aromatic hydroxyl groups is 2. The van der Waals surface area contributed by atoms with Crippen LogP contribution in [0.5, 0.6) is 17.2 Å². The third-order valence-electron chi connectivity index (χ3n) is 18.1. The van der Waals surface area contributed by atoms with Crippen LogP contribution in [0.4, 0.5) is 10.5 Å². The summed E-state index contributed by atoms with van der Waals surface area (Å²) in [4.78, 5) is 60.8. The molecule has 5 bridgehead atoms. The van der Waals surface area contributed by atoms with Crippen molar-refractivity contribution in [2.24, 2.45) is 50.9 Å². The molecule has 1 saturated carbocycles. The highest BCUT2D eigenvalue weighted by Gasteiger charge is 2.51. The molecular weight excluding hydrogens is 969 g/mol. The lowest BCUT2D eigenvalue weighted by Gasteiger charge is -2.55. The summed E-state index contributed by atoms with van der Waals surface area (Å²) in [5, 5.41) is 51.6. The van der Waals surface area contributed by atoms with Gasteiger partial charge in [0.1, 0.15) is 28.6 Å². The highest BCUT2D eigenvalue weighted by atomic mass is 16.7. The fourth-order valence-electron chi connectivity index (χ4n) is 13.6. The number of phenolic OH excluding ortho intramolecular Hbond substituents is 2. The first-order valence-corrected chi connectivity index (χ1v) is 28.2. The molecule has 10 rings (SSSR count). The molecule has 416 valence electrons. The number of allylic oxidation sites excluding steroid dienone is 2. The minimum atomic E-state index is -1.98. The second-order valence-corrected chi connectivity index (χ2v) is 24.4. The number of aliphatic hydroxyl groups is 2. The van der Waals surface area contributed by atoms with Crippen molar-refractivity contribution in [1.29, 1.82) is 0 Å². The quantitative estimate of drug-likeness (QED) is 0.180. The number of rotatable bonds is 6. The van der Waals surface area contributed by atoms with Gasteiger partial charge in [0.2, 0.25) is 0 Å². The van der Waals surface area contributed by atoms with Crippen LogP contribution < -0.4 is 20.8 Å². The molecule has 17 nitrogen and oxygen atoms in total. The zero-order chi connectivity index (χ0) is 54.6. The Morgan fingerprint density at radius 1 is 0.855 bits per heavy atom. The summed E-state index contributed by atoms with van der Waals surface area (Å²) >= 11 is 0. The molecule has 0 aromatic heterocycles. The van der Waals surface area contributed by atoms with Crippen molar-refractivity contribution in [3.63, 3.8) is 0 Å². The zero-order valence-electron chi connectivity index (χ0n) is 46.6. The monoisotopic (exact) mass is 1050 g/mol. The third kappa shape index (κ3) is 10.6. The van der Waals surface area contributed by atoms with Crippen LogP contribution in [0.2, 0.25) is 0 Å². The van der Waals surface area contributed by atoms with Gasteiger partial charge in [0, 0.05) is 125 Å². The molecule has 0 unspecified atom stereocenters. The molecule has 2 aromatic carbocycles. The Morgan fingerprint density at radius 2 is 1.55 bits per heavy atom. The molecule has 9 atom stereocenters. The van der Waals surface area contributed by atoms with Gasteiger partial charge in [0.15, 0.2) is 11.4 Å². The van der Waals surface area contributed by atoms with Gasteiger partial charge >= 0.3 is 11.9 Å². The van der Waals surface area contributed by atoms with Crippen molar-refractivity contribution in [2.45, 2.75) is 156 Å². The van der Waals surface area contributed by atoms with Crippen LogP contribution in [0.15, 0.2) is 46.1 Å². The number of ether oxygens (including phenoxy) is 4. The molecule has 1 aliphatic carbocycles. The molecule has 8 aliphatic rings. The van der Waals surface area contributed by atoms with Gasteiger partial charge in [-0.25, -0.2) is 4.79 Å². The predicted molar refractivity (Wildman–Crippen MR) is 289 cm³/mol. The molecule has 2 amide bonds. The number of Topliss-reactive ketones (excluding diaryl/α,β-unsaturated/α-hetero) is 1. The van der Waals surface area contributed by atoms with E-state index in [-0.39, 0.29) is 60.8 Å². The van der Waals surface area contributed by atoms with Gasteiger partial charge in [0.05, 0.1) is 40.9 Å². The number of fused-ring (bicyclic) bond motifs is 13. The van der Waals surface area contributed by atoms with E-state index in [9.17, 15) is 30.0 Å². The van der Waals surface area contributed by atoms with Crippen LogP contribution in [0, 0.1) is 47.8 Å². The van der Waals surface area contributed by atoms with Crippen LogP contribution in [-0.4, -0.2) is 148 Å². The highest BCUT2D eigenvalue weighted by Crippen LogP contribution is 2.50. The second-order valence-electron chi connectivity index (χ2n) is 24.4. The van der Waals surface area contributed by atoms with Crippen molar-refractivity contribution in [3.8, 4) is 17.2 Å². The Labute approximate surface area is 448 Å². The number of benzene rings is 2. The molecule has 5 N–H and O–H groups in total. The Bertz CT molecular complexity index is 2770. The molecule has 0 radical (unpaired) electrons. The third-order valence-corrected chi connectivity index (χ3v) is 18.1. The molecule has 3 saturated heterocycles. The minimum Gasteiger partial charge on any atom is -0.507 e. The smallest absolute Gasteiger partial charge is 0.410 e. The number of ketones is 1. The maximum atomic E-state index is 15.0. The van der Waals surface area contributed by atoms with E-state index in [0.29, 0.717) is 44.9 Å². The first-order valence-electron chi connectivity index (χ1n) is 28.2. The number of hydrogen-bond acceptors (Lipinski definition) is 15. The van der Waals surface area contributed by atoms with Gasteiger partial charge in [0.25, 0.3) is 11.7 Å². The highest BCUT2D eigenvalue weighted by molar-refractivity contribution is 6.19. The summed E-state index contributed by atoms with van der Waals surface area (Å²) in [6, 6.07) is 0. The summed E-state index contributed by atoms with van der Waals surface area (Å²) in [6.45, 7) is 22.8. The van der Waals surface area contributed by atoms with E-state index < -0.39 is 83.1 Å². The Morgan fingerprint density at radius 3 is 2.24 bits per heavy atom. The van der Waals surface area contributed by atoms with Gasteiger partial charge in [-0.1, -0.05) is 79.0 Å². The lowest BCUT2D eigenvalue weighted by atomic mass is 9.72. The van der Waals surface area contributed by atoms with Crippen molar-refractivity contribution in [2.75, 3.05) is 64.8 Å². The number of methoxy groups -OCH3 is 1. The summed E-state index contributed by atoms with van der Waals surface area (Å²) in [5.74, 6) is -5.22. The van der Waals surface area contributed by atoms with Crippen LogP contribution >= 0.6 is 0 Å². The van der Waals surface area contributed by atoms with E-state index in [0.717, 1.165) is 44.9 Å². The van der Waals surface area contributed by atoms with E-state index in [1.165, 1.54) is 52.4 Å². The fourth-order valence-corrected chi connectivity index (χ4v) is 13.6. The second kappa shape index (κ2) is 22.0. The van der Waals surface area contributed by atoms with E-state index in [1.54, 1.807) is 45.1 Å². The molecule has 2 spiro atoms. The number of carbonyl (C=O) groups excluding carboxylic acids is 3. The number of likely N-dealkylation sites (tertiary alicyclic amines) is 3. The van der Waals surface area contributed by atoms with Gasteiger partial charge in [-0.15, -0.1) is 0 Å². The Balaban J connectivity index is 1.06. The number of amides is 2. The SMILES string of the molecule is CO[C@H]1/C=C/O[C@@]2(C)Oc3c(C)c(O)c4c(O)c(c5c(c4c3C2=O)=NC2(CCN(CC(C)C)CC2)N=5)NC(=O)/C(C)=C\C=C\[C@H](C)[C@H](O)[C@@H](C)[C@@H](O)[C@@H](C)[C@H](OC(=O)N2CCCC3(CN(CC4CCCCC4)C3)C2)[C@@H]1C.